The van der Waals surface area contributed by atoms with Crippen LogP contribution in [0.15, 0.2) is 65.3 Å². The number of rotatable bonds is 3. The van der Waals surface area contributed by atoms with Crippen molar-refractivity contribution in [1.29, 1.82) is 0 Å². The van der Waals surface area contributed by atoms with Gasteiger partial charge in [0.2, 0.25) is 0 Å². The number of fused-ring (bicyclic) bond motifs is 1. The van der Waals surface area contributed by atoms with Gasteiger partial charge in [-0.05, 0) is 41.8 Å². The van der Waals surface area contributed by atoms with Crippen molar-refractivity contribution in [3.8, 4) is 0 Å². The van der Waals surface area contributed by atoms with E-state index in [2.05, 4.69) is 20.9 Å². The van der Waals surface area contributed by atoms with E-state index in [0.717, 1.165) is 26.5 Å². The number of aliphatic hydroxyl groups is 1. The van der Waals surface area contributed by atoms with Crippen LogP contribution in [-0.4, -0.2) is 10.1 Å². The molecule has 0 bridgehead atoms. The molecule has 2 aromatic carbocycles. The highest BCUT2D eigenvalue weighted by molar-refractivity contribution is 9.10. The lowest BCUT2D eigenvalue weighted by molar-refractivity contribution is 0.0766. The molecule has 0 amide bonds. The molecule has 0 aliphatic carbocycles. The maximum atomic E-state index is 11.2. The topological polar surface area (TPSA) is 33.1 Å². The molecule has 0 radical (unpaired) electrons. The molecule has 0 aliphatic rings. The Balaban J connectivity index is 2.16. The van der Waals surface area contributed by atoms with Crippen LogP contribution in [0.3, 0.4) is 0 Å². The van der Waals surface area contributed by atoms with Gasteiger partial charge in [-0.3, -0.25) is 4.98 Å². The smallest absolute Gasteiger partial charge is 0.114 e. The minimum absolute atomic E-state index is 0.599. The van der Waals surface area contributed by atoms with E-state index in [0.29, 0.717) is 6.42 Å². The van der Waals surface area contributed by atoms with Crippen molar-refractivity contribution in [3.05, 3.63) is 76.4 Å². The summed E-state index contributed by atoms with van der Waals surface area (Å²) in [7, 11) is 0. The van der Waals surface area contributed by atoms with Gasteiger partial charge in [-0.1, -0.05) is 53.2 Å². The Bertz CT molecular complexity index is 787. The second kappa shape index (κ2) is 5.58. The van der Waals surface area contributed by atoms with Crippen LogP contribution >= 0.6 is 15.9 Å². The van der Waals surface area contributed by atoms with E-state index in [1.54, 1.807) is 6.20 Å². The van der Waals surface area contributed by atoms with Gasteiger partial charge in [0.1, 0.15) is 5.60 Å². The van der Waals surface area contributed by atoms with Gasteiger partial charge in [0.05, 0.1) is 5.52 Å². The summed E-state index contributed by atoms with van der Waals surface area (Å²) in [5.41, 5.74) is 1.65. The van der Waals surface area contributed by atoms with E-state index < -0.39 is 5.60 Å². The minimum atomic E-state index is -1.00. The number of hydrogen-bond acceptors (Lipinski definition) is 2. The van der Waals surface area contributed by atoms with E-state index in [1.807, 2.05) is 61.5 Å². The molecule has 1 atom stereocenters. The van der Waals surface area contributed by atoms with Crippen LogP contribution in [0.2, 0.25) is 0 Å². The molecule has 1 heterocycles. The zero-order chi connectivity index (χ0) is 14.9. The van der Waals surface area contributed by atoms with Crippen molar-refractivity contribution in [2.24, 2.45) is 0 Å². The van der Waals surface area contributed by atoms with Gasteiger partial charge in [0.15, 0.2) is 0 Å². The Morgan fingerprint density at radius 3 is 2.62 bits per heavy atom. The van der Waals surface area contributed by atoms with Gasteiger partial charge in [-0.15, -0.1) is 0 Å². The van der Waals surface area contributed by atoms with Crippen molar-refractivity contribution >= 4 is 26.8 Å². The fourth-order valence-corrected chi connectivity index (χ4v) is 3.04. The van der Waals surface area contributed by atoms with E-state index in [-0.39, 0.29) is 0 Å². The van der Waals surface area contributed by atoms with Crippen molar-refractivity contribution in [2.45, 2.75) is 18.9 Å². The van der Waals surface area contributed by atoms with Crippen LogP contribution in [0.5, 0.6) is 0 Å². The van der Waals surface area contributed by atoms with E-state index in [1.165, 1.54) is 0 Å². The highest BCUT2D eigenvalue weighted by atomic mass is 79.9. The summed E-state index contributed by atoms with van der Waals surface area (Å²) in [4.78, 5) is 4.38. The van der Waals surface area contributed by atoms with Crippen LogP contribution in [0, 0.1) is 0 Å². The lowest BCUT2D eigenvalue weighted by Gasteiger charge is -2.28. The van der Waals surface area contributed by atoms with Gasteiger partial charge in [0, 0.05) is 16.1 Å². The fourth-order valence-electron chi connectivity index (χ4n) is 2.64. The summed E-state index contributed by atoms with van der Waals surface area (Å²) < 4.78 is 0.964. The Hall–Kier alpha value is -1.71. The molecule has 3 rings (SSSR count). The third-order valence-electron chi connectivity index (χ3n) is 3.90. The molecule has 1 unspecified atom stereocenters. The van der Waals surface area contributed by atoms with Gasteiger partial charge >= 0.3 is 0 Å². The van der Waals surface area contributed by atoms with Crippen molar-refractivity contribution in [3.63, 3.8) is 0 Å². The lowest BCUT2D eigenvalue weighted by Crippen LogP contribution is -2.26. The molecule has 2 nitrogen and oxygen atoms in total. The second-order valence-electron chi connectivity index (χ2n) is 5.14. The fraction of sp³-hybridized carbons (Fsp3) is 0.167. The molecule has 21 heavy (non-hydrogen) atoms. The van der Waals surface area contributed by atoms with E-state index in [4.69, 9.17) is 0 Å². The first-order valence-corrected chi connectivity index (χ1v) is 7.76. The Labute approximate surface area is 132 Å². The summed E-state index contributed by atoms with van der Waals surface area (Å²) in [5, 5.41) is 12.3. The number of pyridine rings is 1. The van der Waals surface area contributed by atoms with Gasteiger partial charge in [-0.25, -0.2) is 0 Å². The molecular weight excluding hydrogens is 326 g/mol. The summed E-state index contributed by atoms with van der Waals surface area (Å²) in [6.07, 6.45) is 2.37. The number of aromatic nitrogens is 1. The Morgan fingerprint density at radius 1 is 1.05 bits per heavy atom. The standard InChI is InChI=1S/C18H16BrNO/c1-2-18(21,14-6-3-7-16(19)11-14)15-9-8-13-5-4-10-20-17(13)12-15/h3-12,21H,2H2,1H3. The average molecular weight is 342 g/mol. The number of hydrogen-bond donors (Lipinski definition) is 1. The molecule has 0 saturated heterocycles. The first kappa shape index (κ1) is 14.2. The Kier molecular flexibility index (Phi) is 3.79. The maximum absolute atomic E-state index is 11.2. The van der Waals surface area contributed by atoms with E-state index >= 15 is 0 Å². The second-order valence-corrected chi connectivity index (χ2v) is 6.05. The maximum Gasteiger partial charge on any atom is 0.114 e. The molecule has 0 aliphatic heterocycles. The Morgan fingerprint density at radius 2 is 1.86 bits per heavy atom. The highest BCUT2D eigenvalue weighted by Crippen LogP contribution is 2.35. The molecule has 0 fully saturated rings. The van der Waals surface area contributed by atoms with Crippen molar-refractivity contribution < 1.29 is 5.11 Å². The van der Waals surface area contributed by atoms with Crippen LogP contribution in [-0.2, 0) is 5.60 Å². The third-order valence-corrected chi connectivity index (χ3v) is 4.39. The molecule has 1 N–H and O–H groups in total. The largest absolute Gasteiger partial charge is 0.380 e. The van der Waals surface area contributed by atoms with Crippen molar-refractivity contribution in [1.82, 2.24) is 4.98 Å². The number of nitrogens with zero attached hydrogens (tertiary/aromatic N) is 1. The molecule has 0 saturated carbocycles. The normalized spacial score (nSPS) is 14.0. The predicted molar refractivity (Wildman–Crippen MR) is 89.2 cm³/mol. The summed E-state index contributed by atoms with van der Waals surface area (Å²) in [6.45, 7) is 1.99. The zero-order valence-corrected chi connectivity index (χ0v) is 13.3. The van der Waals surface area contributed by atoms with Crippen LogP contribution in [0.25, 0.3) is 10.9 Å². The molecular formula is C18H16BrNO. The van der Waals surface area contributed by atoms with Crippen LogP contribution < -0.4 is 0 Å². The predicted octanol–water partition coefficient (Wildman–Crippen LogP) is 4.64. The average Bonchev–Trinajstić information content (AvgIpc) is 2.53. The summed E-state index contributed by atoms with van der Waals surface area (Å²) >= 11 is 3.47. The molecule has 106 valence electrons. The third kappa shape index (κ3) is 2.59. The summed E-state index contributed by atoms with van der Waals surface area (Å²) in [6, 6.07) is 17.7. The number of benzene rings is 2. The highest BCUT2D eigenvalue weighted by Gasteiger charge is 2.29. The van der Waals surface area contributed by atoms with Gasteiger partial charge in [-0.2, -0.15) is 0 Å². The zero-order valence-electron chi connectivity index (χ0n) is 11.8. The first-order valence-electron chi connectivity index (χ1n) is 6.97. The van der Waals surface area contributed by atoms with Crippen LogP contribution in [0.1, 0.15) is 24.5 Å². The molecule has 1 aromatic heterocycles. The molecule has 3 heteroatoms. The van der Waals surface area contributed by atoms with Crippen LogP contribution in [0.4, 0.5) is 0 Å². The first-order chi connectivity index (χ1) is 10.1. The van der Waals surface area contributed by atoms with Gasteiger partial charge < -0.3 is 5.11 Å². The quantitative estimate of drug-likeness (QED) is 0.752. The monoisotopic (exact) mass is 341 g/mol. The van der Waals surface area contributed by atoms with E-state index in [9.17, 15) is 5.11 Å². The molecule has 3 aromatic rings. The lowest BCUT2D eigenvalue weighted by atomic mass is 9.84. The number of halogens is 1. The van der Waals surface area contributed by atoms with Crippen molar-refractivity contribution in [2.75, 3.05) is 0 Å². The minimum Gasteiger partial charge on any atom is -0.380 e. The summed E-state index contributed by atoms with van der Waals surface area (Å²) in [5.74, 6) is 0. The van der Waals surface area contributed by atoms with Gasteiger partial charge in [0.25, 0.3) is 0 Å². The molecule has 0 spiro atoms. The SMILES string of the molecule is CCC(O)(c1cccc(Br)c1)c1ccc2cccnc2c1.